The molecule has 1 aliphatic heterocycles. The van der Waals surface area contributed by atoms with E-state index in [9.17, 15) is 4.79 Å². The highest BCUT2D eigenvalue weighted by Crippen LogP contribution is 2.37. The van der Waals surface area contributed by atoms with Crippen molar-refractivity contribution in [1.29, 1.82) is 0 Å². The molecule has 1 aromatic carbocycles. The number of nitrogens with two attached hydrogens (primary N) is 1. The topological polar surface area (TPSA) is 87.4 Å². The van der Waals surface area contributed by atoms with Gasteiger partial charge in [-0.3, -0.25) is 14.6 Å². The van der Waals surface area contributed by atoms with Crippen molar-refractivity contribution in [2.75, 3.05) is 31.5 Å². The molecule has 33 heavy (non-hydrogen) atoms. The van der Waals surface area contributed by atoms with Crippen molar-refractivity contribution in [2.45, 2.75) is 72.0 Å². The molecule has 2 heterocycles. The lowest BCUT2D eigenvalue weighted by molar-refractivity contribution is -0.119. The maximum absolute atomic E-state index is 12.0. The number of para-hydroxylation sites is 1. The lowest BCUT2D eigenvalue weighted by atomic mass is 9.74. The second-order valence-electron chi connectivity index (χ2n) is 11.0. The number of nitrogens with one attached hydrogen (secondary N) is 1. The fourth-order valence-corrected chi connectivity index (χ4v) is 5.48. The number of hydrogen-bond donors (Lipinski definition) is 2. The fourth-order valence-electron chi connectivity index (χ4n) is 5.48. The molecule has 4 rings (SSSR count). The number of carbonyl (C=O) groups is 1. The molecule has 1 aromatic heterocycles. The van der Waals surface area contributed by atoms with E-state index < -0.39 is 6.04 Å². The van der Waals surface area contributed by atoms with E-state index in [2.05, 4.69) is 29.0 Å². The Hall–Kier alpha value is -2.25. The number of piperazine rings is 1. The summed E-state index contributed by atoms with van der Waals surface area (Å²) < 4.78 is 0. The number of rotatable bonds is 7. The van der Waals surface area contributed by atoms with Crippen LogP contribution in [-0.2, 0) is 11.3 Å². The Kier molecular flexibility index (Phi) is 7.19. The van der Waals surface area contributed by atoms with Crippen LogP contribution in [0.1, 0.15) is 59.2 Å². The molecule has 0 bridgehead atoms. The first-order valence-corrected chi connectivity index (χ1v) is 12.5. The standard InChI is InChI=1S/C26H40N6O/c1-18(2)23(24(27)33)30-25-20-9-5-6-10-21(20)28-22(29-25)17-31-12-14-32(15-13-31)19-8-7-11-26(3,4)16-19/h5-6,9-10,18-19,23H,7-8,11-17H2,1-4H3,(H2,27,33)(H,28,29,30)/t19?,23-/m0/s1. The molecule has 2 aromatic rings. The Bertz CT molecular complexity index is 966. The van der Waals surface area contributed by atoms with E-state index in [4.69, 9.17) is 15.7 Å². The predicted octanol–water partition coefficient (Wildman–Crippen LogP) is 3.64. The van der Waals surface area contributed by atoms with Crippen molar-refractivity contribution in [3.05, 3.63) is 30.1 Å². The molecule has 1 unspecified atom stereocenters. The minimum Gasteiger partial charge on any atom is -0.368 e. The molecule has 1 saturated heterocycles. The second kappa shape index (κ2) is 9.94. The van der Waals surface area contributed by atoms with Gasteiger partial charge in [-0.2, -0.15) is 0 Å². The van der Waals surface area contributed by atoms with Gasteiger partial charge in [0.2, 0.25) is 5.91 Å². The van der Waals surface area contributed by atoms with Gasteiger partial charge in [0.1, 0.15) is 17.7 Å². The molecule has 0 spiro atoms. The van der Waals surface area contributed by atoms with Crippen molar-refractivity contribution in [3.8, 4) is 0 Å². The maximum Gasteiger partial charge on any atom is 0.240 e. The highest BCUT2D eigenvalue weighted by molar-refractivity contribution is 5.91. The normalized spacial score (nSPS) is 23.0. The fraction of sp³-hybridized carbons (Fsp3) is 0.654. The Balaban J connectivity index is 1.45. The molecule has 2 fully saturated rings. The van der Waals surface area contributed by atoms with Gasteiger partial charge in [-0.15, -0.1) is 0 Å². The Morgan fingerprint density at radius 1 is 1.18 bits per heavy atom. The average molecular weight is 453 g/mol. The number of carbonyl (C=O) groups excluding carboxylic acids is 1. The van der Waals surface area contributed by atoms with Crippen molar-refractivity contribution in [2.24, 2.45) is 17.1 Å². The molecule has 7 nitrogen and oxygen atoms in total. The Morgan fingerprint density at radius 2 is 1.91 bits per heavy atom. The largest absolute Gasteiger partial charge is 0.368 e. The number of aromatic nitrogens is 2. The zero-order valence-corrected chi connectivity index (χ0v) is 20.7. The number of hydrogen-bond acceptors (Lipinski definition) is 6. The van der Waals surface area contributed by atoms with Crippen molar-refractivity contribution < 1.29 is 4.79 Å². The second-order valence-corrected chi connectivity index (χ2v) is 11.0. The molecule has 2 atom stereocenters. The lowest BCUT2D eigenvalue weighted by Crippen LogP contribution is -2.51. The van der Waals surface area contributed by atoms with E-state index in [1.165, 1.54) is 25.7 Å². The van der Waals surface area contributed by atoms with Crippen LogP contribution >= 0.6 is 0 Å². The predicted molar refractivity (Wildman–Crippen MR) is 134 cm³/mol. The zero-order chi connectivity index (χ0) is 23.6. The van der Waals surface area contributed by atoms with Crippen molar-refractivity contribution in [3.63, 3.8) is 0 Å². The first-order chi connectivity index (χ1) is 15.7. The summed E-state index contributed by atoms with van der Waals surface area (Å²) in [6.07, 6.45) is 5.35. The van der Waals surface area contributed by atoms with Gasteiger partial charge in [-0.1, -0.05) is 46.2 Å². The van der Waals surface area contributed by atoms with Crippen LogP contribution in [0.25, 0.3) is 10.9 Å². The summed E-state index contributed by atoms with van der Waals surface area (Å²) in [5.41, 5.74) is 7.01. The number of anilines is 1. The summed E-state index contributed by atoms with van der Waals surface area (Å²) in [7, 11) is 0. The van der Waals surface area contributed by atoms with E-state index in [1.54, 1.807) is 0 Å². The van der Waals surface area contributed by atoms with E-state index in [-0.39, 0.29) is 11.8 Å². The molecular formula is C26H40N6O. The molecule has 180 valence electrons. The minimum absolute atomic E-state index is 0.0671. The van der Waals surface area contributed by atoms with Gasteiger partial charge in [0.15, 0.2) is 0 Å². The molecule has 1 aliphatic carbocycles. The maximum atomic E-state index is 12.0. The third kappa shape index (κ3) is 5.82. The SMILES string of the molecule is CC(C)[C@H](Nc1nc(CN2CCN(C3CCCC(C)(C)C3)CC2)nc2ccccc12)C(N)=O. The average Bonchev–Trinajstić information content (AvgIpc) is 2.76. The monoisotopic (exact) mass is 452 g/mol. The summed E-state index contributed by atoms with van der Waals surface area (Å²) in [5, 5.41) is 4.22. The number of benzene rings is 1. The third-order valence-electron chi connectivity index (χ3n) is 7.38. The van der Waals surface area contributed by atoms with Crippen LogP contribution < -0.4 is 11.1 Å². The molecular weight excluding hydrogens is 412 g/mol. The van der Waals surface area contributed by atoms with Crippen LogP contribution in [0.15, 0.2) is 24.3 Å². The van der Waals surface area contributed by atoms with Crippen LogP contribution in [-0.4, -0.2) is 63.9 Å². The van der Waals surface area contributed by atoms with E-state index in [0.717, 1.165) is 48.9 Å². The van der Waals surface area contributed by atoms with Crippen LogP contribution in [0.3, 0.4) is 0 Å². The number of fused-ring (bicyclic) bond motifs is 1. The molecule has 3 N–H and O–H groups in total. The first kappa shape index (κ1) is 23.9. The van der Waals surface area contributed by atoms with Crippen LogP contribution in [0.4, 0.5) is 5.82 Å². The summed E-state index contributed by atoms with van der Waals surface area (Å²) in [4.78, 5) is 26.8. The molecule has 2 aliphatic rings. The highest BCUT2D eigenvalue weighted by Gasteiger charge is 2.33. The van der Waals surface area contributed by atoms with Gasteiger partial charge in [0, 0.05) is 37.6 Å². The molecule has 1 amide bonds. The molecule has 1 saturated carbocycles. The highest BCUT2D eigenvalue weighted by atomic mass is 16.1. The van der Waals surface area contributed by atoms with E-state index in [0.29, 0.717) is 17.8 Å². The van der Waals surface area contributed by atoms with Crippen LogP contribution in [0.2, 0.25) is 0 Å². The van der Waals surface area contributed by atoms with Gasteiger partial charge in [-0.25, -0.2) is 9.97 Å². The molecule has 0 radical (unpaired) electrons. The van der Waals surface area contributed by atoms with E-state index in [1.807, 2.05) is 38.1 Å². The van der Waals surface area contributed by atoms with Gasteiger partial charge in [0.05, 0.1) is 12.1 Å². The smallest absolute Gasteiger partial charge is 0.240 e. The van der Waals surface area contributed by atoms with E-state index >= 15 is 0 Å². The van der Waals surface area contributed by atoms with Crippen molar-refractivity contribution in [1.82, 2.24) is 19.8 Å². The van der Waals surface area contributed by atoms with Gasteiger partial charge in [-0.05, 0) is 42.7 Å². The Labute approximate surface area is 198 Å². The van der Waals surface area contributed by atoms with Crippen molar-refractivity contribution >= 4 is 22.6 Å². The minimum atomic E-state index is -0.473. The van der Waals surface area contributed by atoms with Crippen LogP contribution in [0.5, 0.6) is 0 Å². The first-order valence-electron chi connectivity index (χ1n) is 12.5. The summed E-state index contributed by atoms with van der Waals surface area (Å²) in [6, 6.07) is 8.20. The van der Waals surface area contributed by atoms with Gasteiger partial charge in [0.25, 0.3) is 0 Å². The van der Waals surface area contributed by atoms with Gasteiger partial charge < -0.3 is 11.1 Å². The number of amides is 1. The summed E-state index contributed by atoms with van der Waals surface area (Å²) in [6.45, 7) is 13.8. The number of nitrogens with zero attached hydrogens (tertiary/aromatic N) is 4. The Morgan fingerprint density at radius 3 is 2.58 bits per heavy atom. The summed E-state index contributed by atoms with van der Waals surface area (Å²) >= 11 is 0. The zero-order valence-electron chi connectivity index (χ0n) is 20.7. The third-order valence-corrected chi connectivity index (χ3v) is 7.38. The number of primary amides is 1. The summed E-state index contributed by atoms with van der Waals surface area (Å²) in [5.74, 6) is 1.18. The molecule has 7 heteroatoms. The van der Waals surface area contributed by atoms with Gasteiger partial charge >= 0.3 is 0 Å². The quantitative estimate of drug-likeness (QED) is 0.667. The van der Waals surface area contributed by atoms with Crippen LogP contribution in [0, 0.1) is 11.3 Å². The lowest BCUT2D eigenvalue weighted by Gasteiger charge is -2.44.